The van der Waals surface area contributed by atoms with Gasteiger partial charge in [0.05, 0.1) is 12.6 Å². The quantitative estimate of drug-likeness (QED) is 0.725. The zero-order valence-corrected chi connectivity index (χ0v) is 17.5. The normalized spacial score (nSPS) is 21.1. The number of nitrogens with one attached hydrogen (secondary N) is 1. The van der Waals surface area contributed by atoms with E-state index < -0.39 is 0 Å². The first-order valence-electron chi connectivity index (χ1n) is 10.4. The Morgan fingerprint density at radius 2 is 1.78 bits per heavy atom. The van der Waals surface area contributed by atoms with Crippen LogP contribution in [-0.4, -0.2) is 66.3 Å². The minimum atomic E-state index is -0.276. The Morgan fingerprint density at radius 3 is 2.30 bits per heavy atom. The molecule has 2 heterocycles. The number of nitrogens with zero attached hydrogens (tertiary/aromatic N) is 2. The molecule has 156 valence electrons. The molecule has 0 radical (unpaired) electrons. The highest BCUT2D eigenvalue weighted by molar-refractivity contribution is 5.88. The minimum absolute atomic E-state index is 0.00562. The summed E-state index contributed by atoms with van der Waals surface area (Å²) in [5, 5.41) is 3.25. The van der Waals surface area contributed by atoms with Gasteiger partial charge >= 0.3 is 0 Å². The van der Waals surface area contributed by atoms with Crippen LogP contribution >= 0.6 is 0 Å². The van der Waals surface area contributed by atoms with Crippen molar-refractivity contribution in [3.63, 3.8) is 0 Å². The number of hydrogen-bond donors (Lipinski definition) is 2. The molecular weight excluding hydrogens is 344 g/mol. The lowest BCUT2D eigenvalue weighted by Gasteiger charge is -2.36. The zero-order valence-electron chi connectivity index (χ0n) is 17.5. The van der Waals surface area contributed by atoms with Crippen LogP contribution in [0.15, 0.2) is 0 Å². The van der Waals surface area contributed by atoms with Gasteiger partial charge in [-0.2, -0.15) is 0 Å². The molecule has 1 unspecified atom stereocenters. The van der Waals surface area contributed by atoms with E-state index in [2.05, 4.69) is 33.0 Å². The molecule has 0 aliphatic carbocycles. The molecule has 7 heteroatoms. The molecule has 0 aromatic heterocycles. The molecule has 2 aliphatic rings. The van der Waals surface area contributed by atoms with E-state index in [1.807, 2.05) is 4.90 Å². The summed E-state index contributed by atoms with van der Waals surface area (Å²) in [7, 11) is 0. The van der Waals surface area contributed by atoms with Crippen molar-refractivity contribution < 1.29 is 14.4 Å². The highest BCUT2D eigenvalue weighted by Crippen LogP contribution is 2.20. The van der Waals surface area contributed by atoms with Crippen LogP contribution in [-0.2, 0) is 14.4 Å². The fourth-order valence-corrected chi connectivity index (χ4v) is 3.54. The third-order valence-electron chi connectivity index (χ3n) is 4.87. The van der Waals surface area contributed by atoms with Crippen molar-refractivity contribution in [2.45, 2.75) is 65.8 Å². The van der Waals surface area contributed by atoms with Crippen LogP contribution < -0.4 is 11.1 Å². The van der Waals surface area contributed by atoms with Gasteiger partial charge in [-0.1, -0.05) is 34.1 Å². The highest BCUT2D eigenvalue weighted by atomic mass is 16.2. The summed E-state index contributed by atoms with van der Waals surface area (Å²) in [4.78, 5) is 39.5. The molecule has 0 aromatic rings. The maximum Gasteiger partial charge on any atom is 0.242 e. The van der Waals surface area contributed by atoms with Crippen LogP contribution in [0.5, 0.6) is 0 Å². The number of nitrogens with two attached hydrogens (primary N) is 1. The van der Waals surface area contributed by atoms with Crippen molar-refractivity contribution in [2.24, 2.45) is 17.6 Å². The molecule has 3 amide bonds. The molecule has 0 aromatic carbocycles. The molecule has 1 atom stereocenters. The number of carbonyl (C=O) groups is 3. The molecule has 0 saturated carbocycles. The number of piperazine rings is 1. The molecule has 2 aliphatic heterocycles. The molecule has 0 bridgehead atoms. The third kappa shape index (κ3) is 8.28. The van der Waals surface area contributed by atoms with E-state index in [1.165, 1.54) is 6.42 Å². The third-order valence-corrected chi connectivity index (χ3v) is 4.87. The SMILES string of the molecule is CC(C)CC1NCCN(CC(=O)N2CCC(CC(N)=O)CC2)C1=O.CCC. The molecule has 2 fully saturated rings. The van der Waals surface area contributed by atoms with E-state index in [4.69, 9.17) is 5.73 Å². The maximum atomic E-state index is 12.5. The van der Waals surface area contributed by atoms with Crippen LogP contribution in [0.25, 0.3) is 0 Å². The second-order valence-electron chi connectivity index (χ2n) is 8.10. The molecule has 2 saturated heterocycles. The van der Waals surface area contributed by atoms with Gasteiger partial charge in [-0.05, 0) is 31.1 Å². The van der Waals surface area contributed by atoms with Gasteiger partial charge in [0.1, 0.15) is 0 Å². The zero-order chi connectivity index (χ0) is 20.4. The number of hydrogen-bond acceptors (Lipinski definition) is 4. The van der Waals surface area contributed by atoms with Crippen molar-refractivity contribution in [3.8, 4) is 0 Å². The number of primary amides is 1. The summed E-state index contributed by atoms with van der Waals surface area (Å²) in [5.41, 5.74) is 5.23. The highest BCUT2D eigenvalue weighted by Gasteiger charge is 2.31. The summed E-state index contributed by atoms with van der Waals surface area (Å²) >= 11 is 0. The van der Waals surface area contributed by atoms with Crippen molar-refractivity contribution in [2.75, 3.05) is 32.7 Å². The fourth-order valence-electron chi connectivity index (χ4n) is 3.54. The Labute approximate surface area is 164 Å². The Hall–Kier alpha value is -1.63. The number of piperidine rings is 1. The average Bonchev–Trinajstić information content (AvgIpc) is 2.59. The van der Waals surface area contributed by atoms with Gasteiger partial charge in [0.2, 0.25) is 17.7 Å². The lowest BCUT2D eigenvalue weighted by atomic mass is 9.93. The largest absolute Gasteiger partial charge is 0.370 e. The van der Waals surface area contributed by atoms with Crippen molar-refractivity contribution >= 4 is 17.7 Å². The predicted molar refractivity (Wildman–Crippen MR) is 107 cm³/mol. The molecule has 3 N–H and O–H groups in total. The smallest absolute Gasteiger partial charge is 0.242 e. The van der Waals surface area contributed by atoms with Crippen LogP contribution in [0.1, 0.15) is 59.8 Å². The van der Waals surface area contributed by atoms with E-state index in [0.717, 1.165) is 25.8 Å². The number of rotatable bonds is 6. The molecule has 27 heavy (non-hydrogen) atoms. The van der Waals surface area contributed by atoms with Crippen molar-refractivity contribution in [1.82, 2.24) is 15.1 Å². The van der Waals surface area contributed by atoms with Gasteiger partial charge in [-0.3, -0.25) is 14.4 Å². The van der Waals surface area contributed by atoms with Gasteiger partial charge < -0.3 is 20.9 Å². The van der Waals surface area contributed by atoms with Crippen molar-refractivity contribution in [3.05, 3.63) is 0 Å². The lowest BCUT2D eigenvalue weighted by molar-refractivity contribution is -0.144. The Bertz CT molecular complexity index is 488. The molecule has 0 spiro atoms. The molecule has 7 nitrogen and oxygen atoms in total. The van der Waals surface area contributed by atoms with E-state index in [9.17, 15) is 14.4 Å². The summed E-state index contributed by atoms with van der Waals surface area (Å²) in [6.07, 6.45) is 4.05. The topological polar surface area (TPSA) is 95.7 Å². The first kappa shape index (κ1) is 23.4. The Balaban J connectivity index is 0.00000114. The standard InChI is InChI=1S/C17H30N4O3.C3H8/c1-12(2)9-14-17(24)21(8-5-19-14)11-16(23)20-6-3-13(4-7-20)10-15(18)22;1-3-2/h12-14,19H,3-11H2,1-2H3,(H2,18,22);3H2,1-2H3. The minimum Gasteiger partial charge on any atom is -0.370 e. The second kappa shape index (κ2) is 12.0. The predicted octanol–water partition coefficient (Wildman–Crippen LogP) is 1.36. The number of carbonyl (C=O) groups excluding carboxylic acids is 3. The first-order valence-corrected chi connectivity index (χ1v) is 10.4. The summed E-state index contributed by atoms with van der Waals surface area (Å²) in [6, 6.07) is -0.173. The van der Waals surface area contributed by atoms with E-state index >= 15 is 0 Å². The summed E-state index contributed by atoms with van der Waals surface area (Å²) in [5.74, 6) is 0.481. The number of amides is 3. The second-order valence-corrected chi connectivity index (χ2v) is 8.10. The summed E-state index contributed by atoms with van der Waals surface area (Å²) < 4.78 is 0. The fraction of sp³-hybridized carbons (Fsp3) is 0.850. The number of likely N-dealkylation sites (tertiary alicyclic amines) is 1. The molecular formula is C20H38N4O3. The van der Waals surface area contributed by atoms with Crippen LogP contribution in [0.4, 0.5) is 0 Å². The van der Waals surface area contributed by atoms with Gasteiger partial charge in [-0.15, -0.1) is 0 Å². The van der Waals surface area contributed by atoms with Crippen LogP contribution in [0.2, 0.25) is 0 Å². The van der Waals surface area contributed by atoms with Gasteiger partial charge in [0, 0.05) is 32.6 Å². The average molecular weight is 383 g/mol. The van der Waals surface area contributed by atoms with E-state index in [1.54, 1.807) is 4.90 Å². The monoisotopic (exact) mass is 382 g/mol. The lowest BCUT2D eigenvalue weighted by Crippen LogP contribution is -2.57. The Kier molecular flexibility index (Phi) is 10.4. The van der Waals surface area contributed by atoms with E-state index in [-0.39, 0.29) is 36.2 Å². The van der Waals surface area contributed by atoms with E-state index in [0.29, 0.717) is 32.0 Å². The van der Waals surface area contributed by atoms with Crippen molar-refractivity contribution in [1.29, 1.82) is 0 Å². The van der Waals surface area contributed by atoms with Gasteiger partial charge in [0.15, 0.2) is 0 Å². The maximum absolute atomic E-state index is 12.5. The summed E-state index contributed by atoms with van der Waals surface area (Å²) in [6.45, 7) is 11.2. The van der Waals surface area contributed by atoms with Gasteiger partial charge in [0.25, 0.3) is 0 Å². The molecule has 2 rings (SSSR count). The van der Waals surface area contributed by atoms with Gasteiger partial charge in [-0.25, -0.2) is 0 Å². The van der Waals surface area contributed by atoms with Crippen LogP contribution in [0, 0.1) is 11.8 Å². The van der Waals surface area contributed by atoms with Crippen LogP contribution in [0.3, 0.4) is 0 Å². The Morgan fingerprint density at radius 1 is 1.19 bits per heavy atom. The first-order chi connectivity index (χ1) is 12.8.